The van der Waals surface area contributed by atoms with E-state index in [0.717, 1.165) is 14.2 Å². The standard InChI is InChI=1S/2CH3O.Mg/c2*1-2;/h2*1H3;/q2*-1;+2. The van der Waals surface area contributed by atoms with Crippen LogP contribution in [0.1, 0.15) is 0 Å². The molecule has 28 valence electrons. The molecule has 0 radical (unpaired) electrons. The maximum absolute atomic E-state index is 8.25. The van der Waals surface area contributed by atoms with Crippen molar-refractivity contribution in [2.75, 3.05) is 14.2 Å². The van der Waals surface area contributed by atoms with Gasteiger partial charge in [-0.3, -0.25) is 0 Å². The maximum atomic E-state index is 8.25. The van der Waals surface area contributed by atoms with Crippen molar-refractivity contribution in [3.63, 3.8) is 0 Å². The first kappa shape index (κ1) is 17.3. The monoisotopic (exact) mass is 86.0 g/mol. The summed E-state index contributed by atoms with van der Waals surface area (Å²) in [6, 6.07) is 0. The quantitative estimate of drug-likeness (QED) is 0.308. The molecule has 3 heteroatoms. The van der Waals surface area contributed by atoms with E-state index in [-0.39, 0.29) is 23.1 Å². The molecule has 0 aliphatic rings. The fourth-order valence-electron chi connectivity index (χ4n) is 0. The molecule has 0 saturated carbocycles. The Balaban J connectivity index is -0.0000000133. The largest absolute Gasteiger partial charge is 2.00 e. The second-order valence-corrected chi connectivity index (χ2v) is 0. The van der Waals surface area contributed by atoms with Crippen LogP contribution in [-0.2, 0) is 0 Å². The summed E-state index contributed by atoms with van der Waals surface area (Å²) >= 11 is 0. The van der Waals surface area contributed by atoms with Gasteiger partial charge in [0, 0.05) is 0 Å². The van der Waals surface area contributed by atoms with Gasteiger partial charge in [-0.2, -0.15) is 14.2 Å². The van der Waals surface area contributed by atoms with Crippen LogP contribution in [0.2, 0.25) is 0 Å². The van der Waals surface area contributed by atoms with Crippen LogP contribution in [0.4, 0.5) is 0 Å². The molecule has 0 amide bonds. The molecular formula is C2H6MgO2. The minimum absolute atomic E-state index is 0. The third-order valence-electron chi connectivity index (χ3n) is 0. The number of hydrogen-bond acceptors (Lipinski definition) is 2. The van der Waals surface area contributed by atoms with Crippen molar-refractivity contribution >= 4 is 23.1 Å². The molecule has 0 aromatic heterocycles. The summed E-state index contributed by atoms with van der Waals surface area (Å²) in [5.41, 5.74) is 0. The zero-order valence-electron chi connectivity index (χ0n) is 3.52. The van der Waals surface area contributed by atoms with Crippen LogP contribution in [0.5, 0.6) is 0 Å². The van der Waals surface area contributed by atoms with Gasteiger partial charge in [-0.15, -0.1) is 0 Å². The van der Waals surface area contributed by atoms with Gasteiger partial charge in [0.2, 0.25) is 0 Å². The number of rotatable bonds is 0. The van der Waals surface area contributed by atoms with E-state index in [2.05, 4.69) is 0 Å². The zero-order valence-corrected chi connectivity index (χ0v) is 4.94. The molecule has 0 rings (SSSR count). The third kappa shape index (κ3) is 71.8. The summed E-state index contributed by atoms with van der Waals surface area (Å²) in [6.45, 7) is 0. The molecule has 0 N–H and O–H groups in total. The van der Waals surface area contributed by atoms with Crippen LogP contribution in [0.25, 0.3) is 0 Å². The second-order valence-electron chi connectivity index (χ2n) is 0. The summed E-state index contributed by atoms with van der Waals surface area (Å²) in [5, 5.41) is 16.5. The van der Waals surface area contributed by atoms with Crippen molar-refractivity contribution in [2.45, 2.75) is 0 Å². The molecule has 0 unspecified atom stereocenters. The van der Waals surface area contributed by atoms with E-state index in [9.17, 15) is 0 Å². The SMILES string of the molecule is C[O-].C[O-].[Mg+2]. The average Bonchev–Trinajstić information content (AvgIpc) is 1.50. The van der Waals surface area contributed by atoms with Crippen molar-refractivity contribution in [3.8, 4) is 0 Å². The molecule has 0 spiro atoms. The van der Waals surface area contributed by atoms with Crippen LogP contribution >= 0.6 is 0 Å². The van der Waals surface area contributed by atoms with Crippen molar-refractivity contribution in [2.24, 2.45) is 0 Å². The van der Waals surface area contributed by atoms with Crippen molar-refractivity contribution < 1.29 is 10.2 Å². The average molecular weight is 86.4 g/mol. The van der Waals surface area contributed by atoms with E-state index >= 15 is 0 Å². The predicted octanol–water partition coefficient (Wildman–Crippen LogP) is -2.43. The normalized spacial score (nSPS) is 2.40. The van der Waals surface area contributed by atoms with E-state index in [1.807, 2.05) is 0 Å². The van der Waals surface area contributed by atoms with Crippen LogP contribution in [-0.4, -0.2) is 37.3 Å². The van der Waals surface area contributed by atoms with E-state index in [1.54, 1.807) is 0 Å². The second kappa shape index (κ2) is 135. The Kier molecular flexibility index (Phi) is 468. The first-order chi connectivity index (χ1) is 2.00. The first-order valence-electron chi connectivity index (χ1n) is 0.816. The molecule has 0 atom stereocenters. The third-order valence-corrected chi connectivity index (χ3v) is 0. The summed E-state index contributed by atoms with van der Waals surface area (Å²) < 4.78 is 0. The van der Waals surface area contributed by atoms with Gasteiger partial charge < -0.3 is 10.2 Å². The Hall–Kier alpha value is 0.686. The molecule has 0 aliphatic carbocycles. The molecule has 0 fully saturated rings. The molecule has 5 heavy (non-hydrogen) atoms. The topological polar surface area (TPSA) is 46.1 Å². The van der Waals surface area contributed by atoms with Crippen LogP contribution in [0.15, 0.2) is 0 Å². The van der Waals surface area contributed by atoms with E-state index in [0.29, 0.717) is 0 Å². The fourth-order valence-corrected chi connectivity index (χ4v) is 0. The van der Waals surface area contributed by atoms with Crippen molar-refractivity contribution in [1.29, 1.82) is 0 Å². The molecule has 0 aromatic carbocycles. The Morgan fingerprint density at radius 1 is 0.800 bits per heavy atom. The van der Waals surface area contributed by atoms with E-state index in [4.69, 9.17) is 10.2 Å². The Morgan fingerprint density at radius 3 is 0.800 bits per heavy atom. The molecule has 0 bridgehead atoms. The maximum Gasteiger partial charge on any atom is 2.00 e. The van der Waals surface area contributed by atoms with Gasteiger partial charge in [-0.1, -0.05) is 0 Å². The van der Waals surface area contributed by atoms with Gasteiger partial charge in [0.25, 0.3) is 0 Å². The predicted molar refractivity (Wildman–Crippen MR) is 17.6 cm³/mol. The Morgan fingerprint density at radius 2 is 0.800 bits per heavy atom. The zero-order chi connectivity index (χ0) is 4.00. The van der Waals surface area contributed by atoms with Gasteiger partial charge in [-0.05, 0) is 0 Å². The molecule has 0 aliphatic heterocycles. The van der Waals surface area contributed by atoms with Gasteiger partial charge in [0.1, 0.15) is 0 Å². The Labute approximate surface area is 48.0 Å². The smallest absolute Gasteiger partial charge is 0.857 e. The molecule has 0 aromatic rings. The van der Waals surface area contributed by atoms with Crippen molar-refractivity contribution in [1.82, 2.24) is 0 Å². The Bertz CT molecular complexity index is 7.61. The molecule has 2 nitrogen and oxygen atoms in total. The summed E-state index contributed by atoms with van der Waals surface area (Å²) in [6.07, 6.45) is 0. The minimum atomic E-state index is 0. The summed E-state index contributed by atoms with van der Waals surface area (Å²) in [4.78, 5) is 0. The van der Waals surface area contributed by atoms with Gasteiger partial charge in [0.15, 0.2) is 0 Å². The fraction of sp³-hybridized carbons (Fsp3) is 1.00. The van der Waals surface area contributed by atoms with Crippen LogP contribution in [0, 0.1) is 0 Å². The first-order valence-corrected chi connectivity index (χ1v) is 0.816. The molecular weight excluding hydrogens is 80.3 g/mol. The van der Waals surface area contributed by atoms with Crippen LogP contribution in [0.3, 0.4) is 0 Å². The van der Waals surface area contributed by atoms with E-state index < -0.39 is 0 Å². The van der Waals surface area contributed by atoms with E-state index in [1.165, 1.54) is 0 Å². The summed E-state index contributed by atoms with van der Waals surface area (Å²) in [5.74, 6) is 0. The molecule has 0 saturated heterocycles. The minimum Gasteiger partial charge on any atom is -0.857 e. The number of hydrogen-bond donors (Lipinski definition) is 0. The van der Waals surface area contributed by atoms with Crippen LogP contribution < -0.4 is 10.2 Å². The van der Waals surface area contributed by atoms with Crippen molar-refractivity contribution in [3.05, 3.63) is 0 Å². The van der Waals surface area contributed by atoms with Gasteiger partial charge >= 0.3 is 23.1 Å². The van der Waals surface area contributed by atoms with Gasteiger partial charge in [-0.25, -0.2) is 0 Å². The van der Waals surface area contributed by atoms with Gasteiger partial charge in [0.05, 0.1) is 0 Å². The summed E-state index contributed by atoms with van der Waals surface area (Å²) in [7, 11) is 1.50. The molecule has 0 heterocycles.